The highest BCUT2D eigenvalue weighted by atomic mass is 32.2. The Labute approximate surface area is 160 Å². The summed E-state index contributed by atoms with van der Waals surface area (Å²) in [6.45, 7) is 2.99. The van der Waals surface area contributed by atoms with Crippen molar-refractivity contribution in [1.29, 1.82) is 5.26 Å². The van der Waals surface area contributed by atoms with E-state index in [9.17, 15) is 13.2 Å². The molecule has 0 aliphatic rings. The monoisotopic (exact) mass is 385 g/mol. The topological polar surface area (TPSA) is 81.5 Å². The Morgan fingerprint density at radius 2 is 1.70 bits per heavy atom. The molecule has 0 saturated carbocycles. The summed E-state index contributed by atoms with van der Waals surface area (Å²) in [7, 11) is -3.54. The molecule has 0 atom stereocenters. The molecular weight excluding hydrogens is 362 g/mol. The van der Waals surface area contributed by atoms with Gasteiger partial charge in [0, 0.05) is 26.1 Å². The van der Waals surface area contributed by atoms with Crippen LogP contribution in [0.15, 0.2) is 54.6 Å². The number of nitrogens with zero attached hydrogens (tertiary/aromatic N) is 3. The van der Waals surface area contributed by atoms with Crippen LogP contribution in [0.4, 0.5) is 5.69 Å². The maximum atomic E-state index is 12.6. The fourth-order valence-corrected chi connectivity index (χ4v) is 3.65. The van der Waals surface area contributed by atoms with Crippen molar-refractivity contribution in [3.63, 3.8) is 0 Å². The van der Waals surface area contributed by atoms with Gasteiger partial charge in [-0.25, -0.2) is 8.42 Å². The van der Waals surface area contributed by atoms with Crippen molar-refractivity contribution in [3.8, 4) is 6.07 Å². The summed E-state index contributed by atoms with van der Waals surface area (Å²) in [6.07, 6.45) is 1.19. The molecule has 0 aliphatic carbocycles. The van der Waals surface area contributed by atoms with Crippen molar-refractivity contribution in [3.05, 3.63) is 65.7 Å². The van der Waals surface area contributed by atoms with Crippen molar-refractivity contribution < 1.29 is 13.2 Å². The number of anilines is 1. The van der Waals surface area contributed by atoms with Crippen LogP contribution in [0.5, 0.6) is 0 Å². The third kappa shape index (κ3) is 5.83. The molecule has 0 saturated heterocycles. The van der Waals surface area contributed by atoms with E-state index in [4.69, 9.17) is 5.26 Å². The summed E-state index contributed by atoms with van der Waals surface area (Å²) in [5, 5.41) is 8.88. The molecule has 0 spiro atoms. The molecule has 0 aromatic heterocycles. The minimum atomic E-state index is -3.54. The van der Waals surface area contributed by atoms with Crippen molar-refractivity contribution in [2.75, 3.05) is 23.7 Å². The first-order valence-corrected chi connectivity index (χ1v) is 10.5. The third-order valence-corrected chi connectivity index (χ3v) is 5.36. The number of nitriles is 1. The zero-order chi connectivity index (χ0) is 19.9. The zero-order valence-corrected chi connectivity index (χ0v) is 16.3. The molecule has 0 bridgehead atoms. The normalized spacial score (nSPS) is 10.9. The van der Waals surface area contributed by atoms with Crippen LogP contribution in [0.25, 0.3) is 0 Å². The van der Waals surface area contributed by atoms with Gasteiger partial charge in [0.05, 0.1) is 23.6 Å². The molecule has 7 heteroatoms. The number of amides is 1. The molecule has 0 radical (unpaired) electrons. The first-order valence-electron chi connectivity index (χ1n) is 8.64. The number of carbonyl (C=O) groups is 1. The predicted molar refractivity (Wildman–Crippen MR) is 105 cm³/mol. The van der Waals surface area contributed by atoms with Gasteiger partial charge in [0.25, 0.3) is 0 Å². The van der Waals surface area contributed by atoms with E-state index < -0.39 is 10.0 Å². The van der Waals surface area contributed by atoms with Crippen molar-refractivity contribution in [2.24, 2.45) is 0 Å². The Morgan fingerprint density at radius 1 is 1.07 bits per heavy atom. The SMILES string of the molecule is CCN(Cc1ccccc1)C(=O)CCN(c1ccc(C#N)cc1)S(C)(=O)=O. The molecule has 27 heavy (non-hydrogen) atoms. The van der Waals surface area contributed by atoms with Crippen LogP contribution in [0.2, 0.25) is 0 Å². The molecule has 0 aliphatic heterocycles. The second-order valence-corrected chi connectivity index (χ2v) is 8.04. The number of benzene rings is 2. The first-order chi connectivity index (χ1) is 12.8. The van der Waals surface area contributed by atoms with E-state index in [0.717, 1.165) is 11.8 Å². The lowest BCUT2D eigenvalue weighted by Gasteiger charge is -2.25. The average molecular weight is 385 g/mol. The maximum absolute atomic E-state index is 12.6. The Morgan fingerprint density at radius 3 is 2.22 bits per heavy atom. The number of rotatable bonds is 8. The van der Waals surface area contributed by atoms with E-state index in [1.165, 1.54) is 4.31 Å². The molecular formula is C20H23N3O3S. The van der Waals surface area contributed by atoms with Crippen molar-refractivity contribution in [2.45, 2.75) is 19.9 Å². The number of hydrogen-bond acceptors (Lipinski definition) is 4. The molecule has 0 N–H and O–H groups in total. The minimum absolute atomic E-state index is 0.0505. The lowest BCUT2D eigenvalue weighted by Crippen LogP contribution is -2.36. The van der Waals surface area contributed by atoms with E-state index in [1.807, 2.05) is 43.3 Å². The Kier molecular flexibility index (Phi) is 6.97. The predicted octanol–water partition coefficient (Wildman–Crippen LogP) is 2.76. The molecule has 1 amide bonds. The molecule has 6 nitrogen and oxygen atoms in total. The molecule has 0 unspecified atom stereocenters. The van der Waals surface area contributed by atoms with Gasteiger partial charge in [-0.15, -0.1) is 0 Å². The number of sulfonamides is 1. The summed E-state index contributed by atoms with van der Waals surface area (Å²) in [4.78, 5) is 14.3. The van der Waals surface area contributed by atoms with Gasteiger partial charge in [0.15, 0.2) is 0 Å². The minimum Gasteiger partial charge on any atom is -0.339 e. The second kappa shape index (κ2) is 9.19. The number of carbonyl (C=O) groups excluding carboxylic acids is 1. The third-order valence-electron chi connectivity index (χ3n) is 4.16. The van der Waals surface area contributed by atoms with Gasteiger partial charge in [-0.3, -0.25) is 9.10 Å². The lowest BCUT2D eigenvalue weighted by molar-refractivity contribution is -0.131. The summed E-state index contributed by atoms with van der Waals surface area (Å²) in [5.41, 5.74) is 1.92. The highest BCUT2D eigenvalue weighted by Gasteiger charge is 2.20. The molecule has 2 rings (SSSR count). The summed E-state index contributed by atoms with van der Waals surface area (Å²) >= 11 is 0. The quantitative estimate of drug-likeness (QED) is 0.700. The van der Waals surface area contributed by atoms with Gasteiger partial charge >= 0.3 is 0 Å². The average Bonchev–Trinajstić information content (AvgIpc) is 2.66. The van der Waals surface area contributed by atoms with E-state index in [1.54, 1.807) is 29.2 Å². The highest BCUT2D eigenvalue weighted by molar-refractivity contribution is 7.92. The Bertz CT molecular complexity index is 904. The van der Waals surface area contributed by atoms with Crippen LogP contribution in [-0.4, -0.2) is 38.6 Å². The standard InChI is InChI=1S/C20H23N3O3S/c1-3-22(16-18-7-5-4-6-8-18)20(24)13-14-23(27(2,25)26)19-11-9-17(15-21)10-12-19/h4-12H,3,13-14,16H2,1-2H3. The summed E-state index contributed by atoms with van der Waals surface area (Å²) in [5.74, 6) is -0.108. The maximum Gasteiger partial charge on any atom is 0.232 e. The van der Waals surface area contributed by atoms with Crippen LogP contribution >= 0.6 is 0 Å². The van der Waals surface area contributed by atoms with Crippen LogP contribution in [0.3, 0.4) is 0 Å². The smallest absolute Gasteiger partial charge is 0.232 e. The van der Waals surface area contributed by atoms with Crippen molar-refractivity contribution >= 4 is 21.6 Å². The van der Waals surface area contributed by atoms with Crippen LogP contribution in [0, 0.1) is 11.3 Å². The van der Waals surface area contributed by atoms with Crippen molar-refractivity contribution in [1.82, 2.24) is 4.90 Å². The van der Waals surface area contributed by atoms with E-state index in [2.05, 4.69) is 0 Å². The van der Waals surface area contributed by atoms with Gasteiger partial charge in [0.1, 0.15) is 0 Å². The fraction of sp³-hybridized carbons (Fsp3) is 0.300. The molecule has 0 fully saturated rings. The van der Waals surface area contributed by atoms with E-state index in [0.29, 0.717) is 24.3 Å². The largest absolute Gasteiger partial charge is 0.339 e. The van der Waals surface area contributed by atoms with Gasteiger partial charge < -0.3 is 4.90 Å². The lowest BCUT2D eigenvalue weighted by atomic mass is 10.2. The Balaban J connectivity index is 2.09. The molecule has 2 aromatic rings. The van der Waals surface area contributed by atoms with Crippen LogP contribution < -0.4 is 4.31 Å². The Hall–Kier alpha value is -2.85. The zero-order valence-electron chi connectivity index (χ0n) is 15.5. The van der Waals surface area contributed by atoms with Gasteiger partial charge in [-0.2, -0.15) is 5.26 Å². The van der Waals surface area contributed by atoms with Crippen LogP contribution in [-0.2, 0) is 21.4 Å². The van der Waals surface area contributed by atoms with Crippen LogP contribution in [0.1, 0.15) is 24.5 Å². The van der Waals surface area contributed by atoms with Gasteiger partial charge in [-0.05, 0) is 36.8 Å². The summed E-state index contributed by atoms with van der Waals surface area (Å²) < 4.78 is 25.5. The molecule has 0 heterocycles. The first kappa shape index (κ1) is 20.5. The number of hydrogen-bond donors (Lipinski definition) is 0. The second-order valence-electron chi connectivity index (χ2n) is 6.14. The fourth-order valence-electron chi connectivity index (χ4n) is 2.72. The van der Waals surface area contributed by atoms with E-state index >= 15 is 0 Å². The summed E-state index contributed by atoms with van der Waals surface area (Å²) in [6, 6.07) is 17.9. The molecule has 2 aromatic carbocycles. The van der Waals surface area contributed by atoms with Gasteiger partial charge in [0.2, 0.25) is 15.9 Å². The highest BCUT2D eigenvalue weighted by Crippen LogP contribution is 2.19. The van der Waals surface area contributed by atoms with E-state index in [-0.39, 0.29) is 18.9 Å². The van der Waals surface area contributed by atoms with Gasteiger partial charge in [-0.1, -0.05) is 30.3 Å². The molecule has 142 valence electrons.